The Morgan fingerprint density at radius 2 is 2.30 bits per heavy atom. The Morgan fingerprint density at radius 1 is 1.55 bits per heavy atom. The largest absolute Gasteiger partial charge is 0.476 e. The maximum atomic E-state index is 12.3. The van der Waals surface area contributed by atoms with Gasteiger partial charge in [0.2, 0.25) is 10.0 Å². The van der Waals surface area contributed by atoms with Crippen LogP contribution in [0.5, 0.6) is 0 Å². The van der Waals surface area contributed by atoms with Crippen molar-refractivity contribution in [1.82, 2.24) is 18.5 Å². The van der Waals surface area contributed by atoms with Gasteiger partial charge in [0.1, 0.15) is 4.90 Å². The van der Waals surface area contributed by atoms with Gasteiger partial charge in [0.05, 0.1) is 6.54 Å². The molecule has 8 nitrogen and oxygen atoms in total. The maximum absolute atomic E-state index is 12.3. The summed E-state index contributed by atoms with van der Waals surface area (Å²) in [5.74, 6) is -1.36. The van der Waals surface area contributed by atoms with E-state index in [2.05, 4.69) is 9.47 Å². The second-order valence-electron chi connectivity index (χ2n) is 3.93. The lowest BCUT2D eigenvalue weighted by atomic mass is 10.4. The van der Waals surface area contributed by atoms with Crippen molar-refractivity contribution < 1.29 is 18.3 Å². The molecule has 2 aromatic heterocycles. The molecule has 108 valence electrons. The van der Waals surface area contributed by atoms with Crippen LogP contribution in [0.3, 0.4) is 0 Å². The Balaban J connectivity index is 2.17. The Labute approximate surface area is 119 Å². The van der Waals surface area contributed by atoms with Crippen molar-refractivity contribution in [3.63, 3.8) is 0 Å². The summed E-state index contributed by atoms with van der Waals surface area (Å²) in [6.45, 7) is 0.557. The molecule has 0 bridgehead atoms. The predicted octanol–water partition coefficient (Wildman–Crippen LogP) is 0.359. The Morgan fingerprint density at radius 3 is 2.90 bits per heavy atom. The van der Waals surface area contributed by atoms with Crippen LogP contribution in [0.4, 0.5) is 0 Å². The monoisotopic (exact) mass is 316 g/mol. The number of carbonyl (C=O) groups is 1. The van der Waals surface area contributed by atoms with E-state index < -0.39 is 21.7 Å². The van der Waals surface area contributed by atoms with Gasteiger partial charge in [0.25, 0.3) is 0 Å². The average molecular weight is 316 g/mol. The first-order valence-electron chi connectivity index (χ1n) is 5.54. The van der Waals surface area contributed by atoms with Crippen LogP contribution in [0.25, 0.3) is 0 Å². The van der Waals surface area contributed by atoms with Gasteiger partial charge in [-0.3, -0.25) is 4.68 Å². The molecule has 0 atom stereocenters. The van der Waals surface area contributed by atoms with Gasteiger partial charge >= 0.3 is 5.97 Å². The minimum atomic E-state index is -3.87. The number of rotatable bonds is 6. The summed E-state index contributed by atoms with van der Waals surface area (Å²) in [6.07, 6.45) is 3.31. The van der Waals surface area contributed by atoms with E-state index in [9.17, 15) is 13.2 Å². The molecule has 0 saturated heterocycles. The number of sulfonamides is 1. The van der Waals surface area contributed by atoms with Crippen molar-refractivity contribution in [1.29, 1.82) is 0 Å². The molecule has 0 aliphatic heterocycles. The number of aromatic carboxylic acids is 1. The van der Waals surface area contributed by atoms with E-state index in [1.165, 1.54) is 12.4 Å². The number of aromatic nitrogens is 3. The second-order valence-corrected chi connectivity index (χ2v) is 6.57. The van der Waals surface area contributed by atoms with Crippen molar-refractivity contribution in [3.05, 3.63) is 29.5 Å². The van der Waals surface area contributed by atoms with Crippen molar-refractivity contribution in [2.24, 2.45) is 0 Å². The predicted molar refractivity (Wildman–Crippen MR) is 71.1 cm³/mol. The molecule has 10 heteroatoms. The molecule has 0 saturated carbocycles. The highest BCUT2D eigenvalue weighted by Crippen LogP contribution is 2.20. The molecule has 1 N–H and O–H groups in total. The fourth-order valence-corrected chi connectivity index (χ4v) is 3.77. The topological polar surface area (TPSA) is 105 Å². The number of hydrogen-bond acceptors (Lipinski definition) is 6. The van der Waals surface area contributed by atoms with Crippen LogP contribution in [-0.4, -0.2) is 51.5 Å². The highest BCUT2D eigenvalue weighted by molar-refractivity contribution is 7.89. The van der Waals surface area contributed by atoms with Crippen LogP contribution >= 0.6 is 11.5 Å². The van der Waals surface area contributed by atoms with Gasteiger partial charge in [-0.1, -0.05) is 0 Å². The van der Waals surface area contributed by atoms with E-state index in [1.807, 2.05) is 0 Å². The highest BCUT2D eigenvalue weighted by Gasteiger charge is 2.28. The molecule has 2 heterocycles. The highest BCUT2D eigenvalue weighted by atomic mass is 32.2. The van der Waals surface area contributed by atoms with Gasteiger partial charge in [-0.25, -0.2) is 13.2 Å². The fourth-order valence-electron chi connectivity index (χ4n) is 1.52. The number of carboxylic acids is 1. The second kappa shape index (κ2) is 5.69. The zero-order valence-electron chi connectivity index (χ0n) is 10.5. The number of carboxylic acid groups (broad SMARTS) is 1. The Kier molecular flexibility index (Phi) is 4.16. The van der Waals surface area contributed by atoms with Crippen LogP contribution < -0.4 is 0 Å². The van der Waals surface area contributed by atoms with E-state index in [0.29, 0.717) is 6.54 Å². The molecule has 0 amide bonds. The zero-order valence-corrected chi connectivity index (χ0v) is 12.1. The normalized spacial score (nSPS) is 11.9. The van der Waals surface area contributed by atoms with E-state index in [0.717, 1.165) is 15.8 Å². The van der Waals surface area contributed by atoms with E-state index in [1.54, 1.807) is 23.1 Å². The lowest BCUT2D eigenvalue weighted by Crippen LogP contribution is -2.31. The molecular formula is C10H12N4O4S2. The molecular weight excluding hydrogens is 304 g/mol. The molecule has 0 spiro atoms. The van der Waals surface area contributed by atoms with E-state index in [4.69, 9.17) is 5.11 Å². The van der Waals surface area contributed by atoms with Gasteiger partial charge < -0.3 is 5.11 Å². The Hall–Kier alpha value is -1.78. The molecule has 0 fully saturated rings. The van der Waals surface area contributed by atoms with Crippen molar-refractivity contribution >= 4 is 27.5 Å². The summed E-state index contributed by atoms with van der Waals surface area (Å²) in [6, 6.07) is 1.74. The molecule has 0 aliphatic carbocycles. The third-order valence-electron chi connectivity index (χ3n) is 2.63. The van der Waals surface area contributed by atoms with Crippen LogP contribution in [0, 0.1) is 0 Å². The Bertz CT molecular complexity index is 693. The minimum absolute atomic E-state index is 0.179. The molecule has 20 heavy (non-hydrogen) atoms. The fraction of sp³-hybridized carbons (Fsp3) is 0.300. The van der Waals surface area contributed by atoms with E-state index in [-0.39, 0.29) is 11.4 Å². The van der Waals surface area contributed by atoms with Gasteiger partial charge in [-0.05, 0) is 17.6 Å². The number of hydrogen-bond donors (Lipinski definition) is 1. The average Bonchev–Trinajstić information content (AvgIpc) is 3.06. The van der Waals surface area contributed by atoms with Crippen LogP contribution in [0.1, 0.15) is 10.5 Å². The number of nitrogens with zero attached hydrogens (tertiary/aromatic N) is 4. The van der Waals surface area contributed by atoms with Crippen molar-refractivity contribution in [2.75, 3.05) is 13.6 Å². The quantitative estimate of drug-likeness (QED) is 0.825. The minimum Gasteiger partial charge on any atom is -0.476 e. The third kappa shape index (κ3) is 2.86. The number of likely N-dealkylation sites (N-methyl/N-ethyl adjacent to an activating group) is 1. The van der Waals surface area contributed by atoms with Gasteiger partial charge in [-0.2, -0.15) is 13.8 Å². The van der Waals surface area contributed by atoms with Crippen molar-refractivity contribution in [2.45, 2.75) is 11.4 Å². The van der Waals surface area contributed by atoms with Crippen LogP contribution in [0.15, 0.2) is 28.7 Å². The van der Waals surface area contributed by atoms with Gasteiger partial charge in [0.15, 0.2) is 5.69 Å². The molecule has 0 unspecified atom stereocenters. The van der Waals surface area contributed by atoms with Crippen LogP contribution in [-0.2, 0) is 16.6 Å². The van der Waals surface area contributed by atoms with E-state index >= 15 is 0 Å². The molecule has 0 radical (unpaired) electrons. The first-order chi connectivity index (χ1) is 9.43. The molecule has 0 aliphatic rings. The molecule has 2 rings (SSSR count). The first-order valence-corrected chi connectivity index (χ1v) is 7.82. The standard InChI is InChI=1S/C10H12N4O4S2/c1-13(5-6-14-4-2-3-11-14)20(17,18)8-7-19-12-9(8)10(15)16/h2-4,7H,5-6H2,1H3,(H,15,16). The lowest BCUT2D eigenvalue weighted by molar-refractivity contribution is 0.0687. The maximum Gasteiger partial charge on any atom is 0.357 e. The van der Waals surface area contributed by atoms with Crippen molar-refractivity contribution in [3.8, 4) is 0 Å². The van der Waals surface area contributed by atoms with Gasteiger partial charge in [0, 0.05) is 31.4 Å². The molecule has 0 aromatic carbocycles. The summed E-state index contributed by atoms with van der Waals surface area (Å²) in [5, 5.41) is 14.1. The molecule has 2 aromatic rings. The summed E-state index contributed by atoms with van der Waals surface area (Å²) < 4.78 is 30.8. The summed E-state index contributed by atoms with van der Waals surface area (Å²) in [7, 11) is -2.47. The third-order valence-corrected chi connectivity index (χ3v) is 5.28. The lowest BCUT2D eigenvalue weighted by Gasteiger charge is -2.16. The van der Waals surface area contributed by atoms with Crippen LogP contribution in [0.2, 0.25) is 0 Å². The summed E-state index contributed by atoms with van der Waals surface area (Å²) >= 11 is 0.800. The SMILES string of the molecule is CN(CCn1cccn1)S(=O)(=O)c1csnc1C(=O)O. The van der Waals surface area contributed by atoms with Gasteiger partial charge in [-0.15, -0.1) is 0 Å². The zero-order chi connectivity index (χ0) is 14.8. The smallest absolute Gasteiger partial charge is 0.357 e. The first kappa shape index (κ1) is 14.6. The summed E-state index contributed by atoms with van der Waals surface area (Å²) in [4.78, 5) is 10.7. The summed E-state index contributed by atoms with van der Waals surface area (Å²) in [5.41, 5.74) is -0.444.